The molecule has 0 aliphatic heterocycles. The van der Waals surface area contributed by atoms with Crippen LogP contribution in [0.4, 0.5) is 0 Å². The van der Waals surface area contributed by atoms with Crippen LogP contribution in [-0.2, 0) is 5.60 Å². The smallest absolute Gasteiger partial charge is 0.255 e. The first kappa shape index (κ1) is 16.4. The highest BCUT2D eigenvalue weighted by Gasteiger charge is 2.47. The fraction of sp³-hybridized carbons (Fsp3) is 0.389. The molecule has 1 aliphatic rings. The Kier molecular flexibility index (Phi) is 4.49. The summed E-state index contributed by atoms with van der Waals surface area (Å²) in [5, 5.41) is 13.7. The molecule has 1 saturated carbocycles. The highest BCUT2D eigenvalue weighted by molar-refractivity contribution is 5.97. The van der Waals surface area contributed by atoms with Gasteiger partial charge < -0.3 is 24.3 Å². The number of methoxy groups -OCH3 is 2. The number of carbonyl (C=O) groups excluding carboxylic acids is 1. The SMILES string of the molecule is COc1ccc(C(=O)NCC(O)(c2ccco2)C2CC2)c(OC)c1. The lowest BCUT2D eigenvalue weighted by Crippen LogP contribution is -2.42. The average molecular weight is 331 g/mol. The van der Waals surface area contributed by atoms with Crippen LogP contribution in [0.15, 0.2) is 41.0 Å². The number of nitrogens with one attached hydrogen (secondary N) is 1. The van der Waals surface area contributed by atoms with Crippen LogP contribution in [0.25, 0.3) is 0 Å². The first-order valence-corrected chi connectivity index (χ1v) is 7.85. The molecule has 2 N–H and O–H groups in total. The molecule has 0 bridgehead atoms. The minimum atomic E-state index is -1.18. The Hall–Kier alpha value is -2.47. The van der Waals surface area contributed by atoms with E-state index < -0.39 is 5.60 Å². The summed E-state index contributed by atoms with van der Waals surface area (Å²) in [4.78, 5) is 12.5. The predicted octanol–water partition coefficient (Wildman–Crippen LogP) is 2.32. The van der Waals surface area contributed by atoms with Crippen LogP contribution in [0.3, 0.4) is 0 Å². The van der Waals surface area contributed by atoms with E-state index in [0.29, 0.717) is 22.8 Å². The van der Waals surface area contributed by atoms with Crippen molar-refractivity contribution >= 4 is 5.91 Å². The predicted molar refractivity (Wildman–Crippen MR) is 87.2 cm³/mol. The minimum Gasteiger partial charge on any atom is -0.497 e. The second kappa shape index (κ2) is 6.57. The standard InChI is InChI=1S/C18H21NO5/c1-22-13-7-8-14(15(10-13)23-2)17(20)19-11-18(21,12-5-6-12)16-4-3-9-24-16/h3-4,7-10,12,21H,5-6,11H2,1-2H3,(H,19,20). The Morgan fingerprint density at radius 1 is 1.33 bits per heavy atom. The van der Waals surface area contributed by atoms with Gasteiger partial charge >= 0.3 is 0 Å². The summed E-state index contributed by atoms with van der Waals surface area (Å²) in [5.74, 6) is 1.28. The quantitative estimate of drug-likeness (QED) is 0.814. The first-order chi connectivity index (χ1) is 11.6. The Morgan fingerprint density at radius 3 is 2.71 bits per heavy atom. The Morgan fingerprint density at radius 2 is 2.12 bits per heavy atom. The number of rotatable bonds is 7. The maximum atomic E-state index is 12.5. The lowest BCUT2D eigenvalue weighted by molar-refractivity contribution is -0.00613. The number of furan rings is 1. The molecule has 24 heavy (non-hydrogen) atoms. The molecule has 3 rings (SSSR count). The fourth-order valence-corrected chi connectivity index (χ4v) is 2.81. The Balaban J connectivity index is 1.75. The molecule has 1 fully saturated rings. The van der Waals surface area contributed by atoms with Gasteiger partial charge in [0.2, 0.25) is 0 Å². The minimum absolute atomic E-state index is 0.0825. The molecule has 0 radical (unpaired) electrons. The molecule has 6 heteroatoms. The van der Waals surface area contributed by atoms with Gasteiger partial charge in [0.1, 0.15) is 22.9 Å². The van der Waals surface area contributed by atoms with Crippen molar-refractivity contribution in [1.29, 1.82) is 0 Å². The van der Waals surface area contributed by atoms with Gasteiger partial charge in [0, 0.05) is 6.07 Å². The summed E-state index contributed by atoms with van der Waals surface area (Å²) in [6, 6.07) is 8.44. The molecule has 1 heterocycles. The fourth-order valence-electron chi connectivity index (χ4n) is 2.81. The van der Waals surface area contributed by atoms with E-state index in [-0.39, 0.29) is 18.4 Å². The molecule has 1 aliphatic carbocycles. The van der Waals surface area contributed by atoms with Gasteiger partial charge in [0.05, 0.1) is 32.6 Å². The summed E-state index contributed by atoms with van der Waals surface area (Å²) in [7, 11) is 3.04. The molecular weight excluding hydrogens is 310 g/mol. The van der Waals surface area contributed by atoms with Crippen LogP contribution in [0.5, 0.6) is 11.5 Å². The first-order valence-electron chi connectivity index (χ1n) is 7.85. The molecule has 128 valence electrons. The van der Waals surface area contributed by atoms with Gasteiger partial charge in [-0.3, -0.25) is 4.79 Å². The Bertz CT molecular complexity index is 708. The summed E-state index contributed by atoms with van der Waals surface area (Å²) >= 11 is 0. The van der Waals surface area contributed by atoms with E-state index in [1.165, 1.54) is 13.4 Å². The largest absolute Gasteiger partial charge is 0.497 e. The third-order valence-corrected chi connectivity index (χ3v) is 4.37. The van der Waals surface area contributed by atoms with Crippen molar-refractivity contribution < 1.29 is 23.8 Å². The maximum Gasteiger partial charge on any atom is 0.255 e. The lowest BCUT2D eigenvalue weighted by atomic mass is 9.94. The van der Waals surface area contributed by atoms with Gasteiger partial charge in [0.15, 0.2) is 0 Å². The van der Waals surface area contributed by atoms with Gasteiger partial charge in [-0.1, -0.05) is 0 Å². The highest BCUT2D eigenvalue weighted by Crippen LogP contribution is 2.45. The third-order valence-electron chi connectivity index (χ3n) is 4.37. The molecule has 1 atom stereocenters. The van der Waals surface area contributed by atoms with Gasteiger partial charge in [-0.05, 0) is 43.0 Å². The monoisotopic (exact) mass is 331 g/mol. The van der Waals surface area contributed by atoms with Crippen molar-refractivity contribution in [3.05, 3.63) is 47.9 Å². The van der Waals surface area contributed by atoms with E-state index >= 15 is 0 Å². The van der Waals surface area contributed by atoms with Crippen molar-refractivity contribution in [3.8, 4) is 11.5 Å². The number of benzene rings is 1. The second-order valence-corrected chi connectivity index (χ2v) is 5.92. The number of carbonyl (C=O) groups is 1. The zero-order valence-corrected chi connectivity index (χ0v) is 13.7. The van der Waals surface area contributed by atoms with Crippen LogP contribution in [0.1, 0.15) is 29.0 Å². The van der Waals surface area contributed by atoms with E-state index in [4.69, 9.17) is 13.9 Å². The summed E-state index contributed by atoms with van der Waals surface area (Å²) in [5.41, 5.74) is -0.797. The number of hydrogen-bond donors (Lipinski definition) is 2. The summed E-state index contributed by atoms with van der Waals surface area (Å²) in [6.45, 7) is 0.0825. The highest BCUT2D eigenvalue weighted by atomic mass is 16.5. The van der Waals surface area contributed by atoms with E-state index in [9.17, 15) is 9.90 Å². The summed E-state index contributed by atoms with van der Waals surface area (Å²) < 4.78 is 15.8. The van der Waals surface area contributed by atoms with Crippen molar-refractivity contribution in [1.82, 2.24) is 5.32 Å². The molecule has 1 aromatic heterocycles. The number of hydrogen-bond acceptors (Lipinski definition) is 5. The maximum absolute atomic E-state index is 12.5. The molecule has 1 aromatic carbocycles. The van der Waals surface area contributed by atoms with Crippen molar-refractivity contribution in [2.45, 2.75) is 18.4 Å². The van der Waals surface area contributed by atoms with E-state index in [2.05, 4.69) is 5.32 Å². The van der Waals surface area contributed by atoms with Gasteiger partial charge in [-0.2, -0.15) is 0 Å². The van der Waals surface area contributed by atoms with Gasteiger partial charge in [-0.15, -0.1) is 0 Å². The van der Waals surface area contributed by atoms with Crippen molar-refractivity contribution in [3.63, 3.8) is 0 Å². The molecule has 0 saturated heterocycles. The van der Waals surface area contributed by atoms with Crippen LogP contribution in [-0.4, -0.2) is 31.8 Å². The van der Waals surface area contributed by atoms with Crippen LogP contribution in [0, 0.1) is 5.92 Å². The zero-order chi connectivity index (χ0) is 17.2. The number of ether oxygens (including phenoxy) is 2. The van der Waals surface area contributed by atoms with E-state index in [1.54, 1.807) is 37.4 Å². The van der Waals surface area contributed by atoms with Gasteiger partial charge in [0.25, 0.3) is 5.91 Å². The zero-order valence-electron chi connectivity index (χ0n) is 13.7. The van der Waals surface area contributed by atoms with Crippen LogP contribution >= 0.6 is 0 Å². The average Bonchev–Trinajstić information content (AvgIpc) is 3.33. The molecule has 1 amide bonds. The number of aliphatic hydroxyl groups is 1. The molecule has 1 unspecified atom stereocenters. The Labute approximate surface area is 140 Å². The second-order valence-electron chi connectivity index (χ2n) is 5.92. The molecule has 2 aromatic rings. The van der Waals surface area contributed by atoms with Crippen LogP contribution < -0.4 is 14.8 Å². The van der Waals surface area contributed by atoms with E-state index in [0.717, 1.165) is 12.8 Å². The lowest BCUT2D eigenvalue weighted by Gasteiger charge is -2.26. The van der Waals surface area contributed by atoms with Crippen molar-refractivity contribution in [2.24, 2.45) is 5.92 Å². The number of amides is 1. The molecule has 6 nitrogen and oxygen atoms in total. The topological polar surface area (TPSA) is 80.9 Å². The molecular formula is C18H21NO5. The van der Waals surface area contributed by atoms with Crippen LogP contribution in [0.2, 0.25) is 0 Å². The van der Waals surface area contributed by atoms with Gasteiger partial charge in [-0.25, -0.2) is 0 Å². The third kappa shape index (κ3) is 3.10. The van der Waals surface area contributed by atoms with E-state index in [1.807, 2.05) is 0 Å². The summed E-state index contributed by atoms with van der Waals surface area (Å²) in [6.07, 6.45) is 3.36. The molecule has 0 spiro atoms. The normalized spacial score (nSPS) is 16.3. The van der Waals surface area contributed by atoms with Crippen molar-refractivity contribution in [2.75, 3.05) is 20.8 Å².